The van der Waals surface area contributed by atoms with Crippen LogP contribution in [0.1, 0.15) is 22.5 Å². The van der Waals surface area contributed by atoms with Crippen LogP contribution in [0.2, 0.25) is 0 Å². The van der Waals surface area contributed by atoms with Crippen LogP contribution in [-0.2, 0) is 13.1 Å². The van der Waals surface area contributed by atoms with Crippen molar-refractivity contribution in [2.75, 3.05) is 7.05 Å². The molecule has 0 unspecified atom stereocenters. The summed E-state index contributed by atoms with van der Waals surface area (Å²) >= 11 is 0. The predicted molar refractivity (Wildman–Crippen MR) is 120 cm³/mol. The third-order valence-corrected chi connectivity index (χ3v) is 4.26. The second kappa shape index (κ2) is 10.2. The van der Waals surface area contributed by atoms with Gasteiger partial charge in [0.1, 0.15) is 17.5 Å². The summed E-state index contributed by atoms with van der Waals surface area (Å²) in [6.45, 7) is 4.76. The number of hydrogen-bond acceptors (Lipinski definition) is 3. The molecule has 2 N–H and O–H groups in total. The van der Waals surface area contributed by atoms with E-state index in [1.165, 1.54) is 6.07 Å². The molecule has 6 nitrogen and oxygen atoms in total. The first-order valence-electron chi connectivity index (χ1n) is 8.71. The maximum atomic E-state index is 13.6. The van der Waals surface area contributed by atoms with Gasteiger partial charge < -0.3 is 10.6 Å². The molecule has 2 heterocycles. The summed E-state index contributed by atoms with van der Waals surface area (Å²) < 4.78 is 15.6. The van der Waals surface area contributed by atoms with Crippen LogP contribution >= 0.6 is 24.0 Å². The lowest BCUT2D eigenvalue weighted by Gasteiger charge is -2.12. The van der Waals surface area contributed by atoms with Gasteiger partial charge in [-0.05, 0) is 42.7 Å². The highest BCUT2D eigenvalue weighted by Gasteiger charge is 2.04. The van der Waals surface area contributed by atoms with E-state index in [2.05, 4.69) is 25.6 Å². The zero-order valence-electron chi connectivity index (χ0n) is 16.1. The van der Waals surface area contributed by atoms with E-state index in [-0.39, 0.29) is 29.8 Å². The number of halogens is 2. The maximum Gasteiger partial charge on any atom is 0.191 e. The normalized spacial score (nSPS) is 11.1. The molecule has 2 aromatic heterocycles. The van der Waals surface area contributed by atoms with Crippen LogP contribution in [0.3, 0.4) is 0 Å². The number of imidazole rings is 1. The Hall–Kier alpha value is -2.49. The topological polar surface area (TPSA) is 67.1 Å². The van der Waals surface area contributed by atoms with E-state index in [0.29, 0.717) is 24.6 Å². The van der Waals surface area contributed by atoms with Gasteiger partial charge in [0.25, 0.3) is 0 Å². The summed E-state index contributed by atoms with van der Waals surface area (Å²) in [4.78, 5) is 12.9. The lowest BCUT2D eigenvalue weighted by atomic mass is 10.1. The molecule has 0 amide bonds. The van der Waals surface area contributed by atoms with Gasteiger partial charge in [-0.2, -0.15) is 0 Å². The average molecular weight is 494 g/mol. The van der Waals surface area contributed by atoms with Crippen LogP contribution in [0.25, 0.3) is 5.82 Å². The maximum absolute atomic E-state index is 13.6. The lowest BCUT2D eigenvalue weighted by Crippen LogP contribution is -2.36. The molecule has 0 aliphatic rings. The van der Waals surface area contributed by atoms with Gasteiger partial charge in [0, 0.05) is 38.7 Å². The van der Waals surface area contributed by atoms with E-state index >= 15 is 0 Å². The summed E-state index contributed by atoms with van der Waals surface area (Å²) in [5.74, 6) is 2.17. The van der Waals surface area contributed by atoms with Crippen molar-refractivity contribution in [2.45, 2.75) is 26.9 Å². The van der Waals surface area contributed by atoms with Crippen molar-refractivity contribution in [1.29, 1.82) is 0 Å². The summed E-state index contributed by atoms with van der Waals surface area (Å²) in [7, 11) is 1.70. The molecule has 0 fully saturated rings. The Morgan fingerprint density at radius 1 is 1.07 bits per heavy atom. The first-order valence-corrected chi connectivity index (χ1v) is 8.71. The summed E-state index contributed by atoms with van der Waals surface area (Å²) in [6, 6.07) is 9.18. The number of aryl methyl sites for hydroxylation is 2. The molecule has 1 aromatic carbocycles. The zero-order chi connectivity index (χ0) is 19.2. The van der Waals surface area contributed by atoms with E-state index in [4.69, 9.17) is 0 Å². The molecular weight excluding hydrogens is 470 g/mol. The number of nitrogens with zero attached hydrogens (tertiary/aromatic N) is 4. The molecule has 0 aliphatic heterocycles. The van der Waals surface area contributed by atoms with Crippen molar-refractivity contribution in [3.05, 3.63) is 77.3 Å². The lowest BCUT2D eigenvalue weighted by molar-refractivity contribution is 0.615. The van der Waals surface area contributed by atoms with Gasteiger partial charge in [-0.25, -0.2) is 14.4 Å². The fraction of sp³-hybridized carbons (Fsp3) is 0.250. The Bertz CT molecular complexity index is 936. The van der Waals surface area contributed by atoms with Gasteiger partial charge in [-0.15, -0.1) is 24.0 Å². The third kappa shape index (κ3) is 5.51. The summed E-state index contributed by atoms with van der Waals surface area (Å²) in [5, 5.41) is 6.42. The molecule has 0 aliphatic carbocycles. The molecule has 28 heavy (non-hydrogen) atoms. The number of rotatable bonds is 5. The molecule has 3 rings (SSSR count). The molecular formula is C20H24FIN6. The minimum atomic E-state index is -0.198. The molecule has 0 radical (unpaired) electrons. The highest BCUT2D eigenvalue weighted by Crippen LogP contribution is 2.09. The number of guanidine groups is 1. The highest BCUT2D eigenvalue weighted by molar-refractivity contribution is 14.0. The molecule has 0 bridgehead atoms. The fourth-order valence-electron chi connectivity index (χ4n) is 2.62. The Labute approximate surface area is 181 Å². The monoisotopic (exact) mass is 494 g/mol. The predicted octanol–water partition coefficient (Wildman–Crippen LogP) is 3.51. The van der Waals surface area contributed by atoms with Crippen LogP contribution in [0.5, 0.6) is 0 Å². The van der Waals surface area contributed by atoms with E-state index in [9.17, 15) is 4.39 Å². The summed E-state index contributed by atoms with van der Waals surface area (Å²) in [5.41, 5.74) is 2.53. The number of nitrogens with one attached hydrogen (secondary N) is 2. The van der Waals surface area contributed by atoms with Crippen molar-refractivity contribution in [1.82, 2.24) is 25.2 Å². The van der Waals surface area contributed by atoms with Crippen LogP contribution in [-0.4, -0.2) is 27.5 Å². The van der Waals surface area contributed by atoms with Crippen LogP contribution in [0.4, 0.5) is 4.39 Å². The molecule has 0 atom stereocenters. The largest absolute Gasteiger partial charge is 0.352 e. The average Bonchev–Trinajstić information content (AvgIpc) is 3.11. The quantitative estimate of drug-likeness (QED) is 0.324. The molecule has 0 saturated carbocycles. The SMILES string of the molecule is CN=C(NCc1ccc(-n2ccnc2C)nc1)NCc1ccc(C)c(F)c1.I. The Kier molecular flexibility index (Phi) is 7.91. The molecule has 0 spiro atoms. The third-order valence-electron chi connectivity index (χ3n) is 4.26. The number of pyridine rings is 1. The van der Waals surface area contributed by atoms with E-state index < -0.39 is 0 Å². The zero-order valence-corrected chi connectivity index (χ0v) is 18.4. The van der Waals surface area contributed by atoms with Crippen LogP contribution < -0.4 is 10.6 Å². The van der Waals surface area contributed by atoms with E-state index in [1.54, 1.807) is 26.2 Å². The Morgan fingerprint density at radius 3 is 2.36 bits per heavy atom. The second-order valence-electron chi connectivity index (χ2n) is 6.23. The fourth-order valence-corrected chi connectivity index (χ4v) is 2.62. The highest BCUT2D eigenvalue weighted by atomic mass is 127. The Balaban J connectivity index is 0.00000280. The summed E-state index contributed by atoms with van der Waals surface area (Å²) in [6.07, 6.45) is 5.46. The number of benzene rings is 1. The van der Waals surface area contributed by atoms with Crippen molar-refractivity contribution >= 4 is 29.9 Å². The van der Waals surface area contributed by atoms with Gasteiger partial charge >= 0.3 is 0 Å². The molecule has 0 saturated heterocycles. The van der Waals surface area contributed by atoms with Gasteiger partial charge in [0.05, 0.1) is 0 Å². The van der Waals surface area contributed by atoms with Gasteiger partial charge in [0.15, 0.2) is 5.96 Å². The van der Waals surface area contributed by atoms with Gasteiger partial charge in [-0.1, -0.05) is 18.2 Å². The van der Waals surface area contributed by atoms with Crippen molar-refractivity contribution in [3.63, 3.8) is 0 Å². The van der Waals surface area contributed by atoms with Crippen molar-refractivity contribution in [3.8, 4) is 5.82 Å². The van der Waals surface area contributed by atoms with Crippen molar-refractivity contribution < 1.29 is 4.39 Å². The van der Waals surface area contributed by atoms with Crippen LogP contribution in [0, 0.1) is 19.7 Å². The standard InChI is InChI=1S/C20H23FN6.HI/c1-14-4-5-16(10-18(14)21)11-25-20(22-3)26-13-17-6-7-19(24-12-17)27-9-8-23-15(27)2;/h4-10,12H,11,13H2,1-3H3,(H2,22,25,26);1H. The minimum Gasteiger partial charge on any atom is -0.352 e. The molecule has 3 aromatic rings. The minimum absolute atomic E-state index is 0. The Morgan fingerprint density at radius 2 is 1.79 bits per heavy atom. The first-order chi connectivity index (χ1) is 13.1. The number of aliphatic imine (C=N–C) groups is 1. The molecule has 148 valence electrons. The number of aromatic nitrogens is 3. The second-order valence-corrected chi connectivity index (χ2v) is 6.23. The van der Waals surface area contributed by atoms with Gasteiger partial charge in [0.2, 0.25) is 0 Å². The van der Waals surface area contributed by atoms with Crippen LogP contribution in [0.15, 0.2) is 53.9 Å². The van der Waals surface area contributed by atoms with Gasteiger partial charge in [-0.3, -0.25) is 9.56 Å². The van der Waals surface area contributed by atoms with E-state index in [0.717, 1.165) is 22.8 Å². The van der Waals surface area contributed by atoms with Crippen molar-refractivity contribution in [2.24, 2.45) is 4.99 Å². The number of hydrogen-bond donors (Lipinski definition) is 2. The van der Waals surface area contributed by atoms with E-state index in [1.807, 2.05) is 42.1 Å². The molecule has 8 heteroatoms. The first kappa shape index (κ1) is 21.8. The smallest absolute Gasteiger partial charge is 0.191 e.